The van der Waals surface area contributed by atoms with Gasteiger partial charge in [0, 0.05) is 23.4 Å². The number of carbonyl (C=O) groups excluding carboxylic acids is 1. The fraction of sp³-hybridized carbons (Fsp3) is 0.318. The molecule has 0 atom stereocenters. The molecule has 0 saturated carbocycles. The molecule has 0 radical (unpaired) electrons. The van der Waals surface area contributed by atoms with Crippen molar-refractivity contribution in [2.45, 2.75) is 20.3 Å². The predicted octanol–water partition coefficient (Wildman–Crippen LogP) is 4.13. The van der Waals surface area contributed by atoms with Crippen molar-refractivity contribution in [1.82, 2.24) is 15.1 Å². The van der Waals surface area contributed by atoms with Crippen molar-refractivity contribution in [3.63, 3.8) is 0 Å². The Morgan fingerprint density at radius 2 is 1.72 bits per heavy atom. The van der Waals surface area contributed by atoms with E-state index >= 15 is 0 Å². The smallest absolute Gasteiger partial charge is 0.315 e. The zero-order valence-electron chi connectivity index (χ0n) is 16.9. The van der Waals surface area contributed by atoms with Gasteiger partial charge in [0.05, 0.1) is 0 Å². The highest BCUT2D eigenvalue weighted by Crippen LogP contribution is 2.22. The first-order chi connectivity index (χ1) is 14.2. The summed E-state index contributed by atoms with van der Waals surface area (Å²) < 4.78 is 5.69. The Morgan fingerprint density at radius 3 is 2.41 bits per heavy atom. The summed E-state index contributed by atoms with van der Waals surface area (Å²) in [4.78, 5) is 14.6. The van der Waals surface area contributed by atoms with Gasteiger partial charge in [-0.1, -0.05) is 37.1 Å². The largest absolute Gasteiger partial charge is 0.403 e. The third-order valence-corrected chi connectivity index (χ3v) is 4.67. The van der Waals surface area contributed by atoms with E-state index in [0.717, 1.165) is 38.2 Å². The Labute approximate surface area is 171 Å². The summed E-state index contributed by atoms with van der Waals surface area (Å²) in [6, 6.07) is 16.8. The number of benzene rings is 2. The van der Waals surface area contributed by atoms with Crippen molar-refractivity contribution in [3.05, 3.63) is 60.2 Å². The van der Waals surface area contributed by atoms with E-state index in [1.807, 2.05) is 42.5 Å². The van der Waals surface area contributed by atoms with Crippen molar-refractivity contribution in [2.24, 2.45) is 0 Å². The van der Waals surface area contributed by atoms with Crippen LogP contribution in [0, 0.1) is 0 Å². The van der Waals surface area contributed by atoms with Crippen molar-refractivity contribution in [1.29, 1.82) is 0 Å². The van der Waals surface area contributed by atoms with Crippen LogP contribution >= 0.6 is 0 Å². The van der Waals surface area contributed by atoms with Crippen LogP contribution in [0.4, 0.5) is 11.7 Å². The van der Waals surface area contributed by atoms with Gasteiger partial charge in [0.15, 0.2) is 0 Å². The molecule has 1 amide bonds. The van der Waals surface area contributed by atoms with Crippen LogP contribution in [-0.2, 0) is 0 Å². The van der Waals surface area contributed by atoms with Crippen LogP contribution in [0.1, 0.15) is 30.6 Å². The Hall–Kier alpha value is -3.19. The lowest BCUT2D eigenvalue weighted by Gasteiger charge is -2.17. The number of nitrogens with zero attached hydrogens (tertiary/aromatic N) is 3. The maximum atomic E-state index is 12.2. The third kappa shape index (κ3) is 5.89. The summed E-state index contributed by atoms with van der Waals surface area (Å²) in [5.41, 5.74) is 2.12. The van der Waals surface area contributed by atoms with E-state index in [4.69, 9.17) is 4.42 Å². The molecule has 1 aromatic heterocycles. The first kappa shape index (κ1) is 20.5. The standard InChI is InChI=1S/C22H27N5O2/c1-3-27(4-2)16-8-15-23-22-26-25-21(29-22)18-11-13-19(14-12-18)24-20(28)17-9-6-5-7-10-17/h5-7,9-14H,3-4,8,15-16H2,1-2H3,(H,23,26)(H,24,28). The molecule has 0 fully saturated rings. The quantitative estimate of drug-likeness (QED) is 0.504. The second kappa shape index (κ2) is 10.4. The van der Waals surface area contributed by atoms with Gasteiger partial charge < -0.3 is 20.0 Å². The molecule has 7 heteroatoms. The molecule has 1 heterocycles. The lowest BCUT2D eigenvalue weighted by molar-refractivity contribution is 0.102. The molecule has 0 bridgehead atoms. The van der Waals surface area contributed by atoms with E-state index < -0.39 is 0 Å². The maximum absolute atomic E-state index is 12.2. The minimum atomic E-state index is -0.146. The van der Waals surface area contributed by atoms with Crippen LogP contribution in [0.2, 0.25) is 0 Å². The summed E-state index contributed by atoms with van der Waals surface area (Å²) in [6.07, 6.45) is 1.01. The fourth-order valence-corrected chi connectivity index (χ4v) is 2.94. The molecule has 3 aromatic rings. The molecule has 0 aliphatic carbocycles. The summed E-state index contributed by atoms with van der Waals surface area (Å²) in [5.74, 6) is 0.296. The van der Waals surface area contributed by atoms with E-state index in [-0.39, 0.29) is 5.91 Å². The zero-order valence-corrected chi connectivity index (χ0v) is 16.9. The molecule has 0 unspecified atom stereocenters. The Morgan fingerprint density at radius 1 is 1.00 bits per heavy atom. The number of hydrogen-bond donors (Lipinski definition) is 2. The summed E-state index contributed by atoms with van der Waals surface area (Å²) in [6.45, 7) is 8.27. The van der Waals surface area contributed by atoms with Gasteiger partial charge in [-0.15, -0.1) is 5.10 Å². The van der Waals surface area contributed by atoms with Crippen LogP contribution in [0.5, 0.6) is 0 Å². The van der Waals surface area contributed by atoms with Crippen molar-refractivity contribution in [2.75, 3.05) is 36.8 Å². The van der Waals surface area contributed by atoms with Gasteiger partial charge in [-0.3, -0.25) is 4.79 Å². The molecular formula is C22H27N5O2. The van der Waals surface area contributed by atoms with E-state index in [0.29, 0.717) is 23.2 Å². The topological polar surface area (TPSA) is 83.3 Å². The highest BCUT2D eigenvalue weighted by molar-refractivity contribution is 6.04. The number of anilines is 2. The number of aromatic nitrogens is 2. The molecule has 0 aliphatic rings. The lowest BCUT2D eigenvalue weighted by Crippen LogP contribution is -2.25. The molecule has 29 heavy (non-hydrogen) atoms. The van der Waals surface area contributed by atoms with Gasteiger partial charge in [-0.25, -0.2) is 0 Å². The average molecular weight is 393 g/mol. The van der Waals surface area contributed by atoms with Gasteiger partial charge in [0.2, 0.25) is 5.89 Å². The maximum Gasteiger partial charge on any atom is 0.315 e. The van der Waals surface area contributed by atoms with Crippen molar-refractivity contribution < 1.29 is 9.21 Å². The summed E-state index contributed by atoms with van der Waals surface area (Å²) >= 11 is 0. The normalized spacial score (nSPS) is 10.9. The molecule has 152 valence electrons. The van der Waals surface area contributed by atoms with Crippen LogP contribution in [0.3, 0.4) is 0 Å². The van der Waals surface area contributed by atoms with Crippen molar-refractivity contribution in [3.8, 4) is 11.5 Å². The molecule has 3 rings (SSSR count). The Kier molecular flexibility index (Phi) is 7.35. The molecule has 2 aromatic carbocycles. The van der Waals surface area contributed by atoms with Crippen LogP contribution in [-0.4, -0.2) is 47.2 Å². The molecule has 7 nitrogen and oxygen atoms in total. The molecular weight excluding hydrogens is 366 g/mol. The molecule has 2 N–H and O–H groups in total. The first-order valence-corrected chi connectivity index (χ1v) is 9.96. The number of nitrogens with one attached hydrogen (secondary N) is 2. The van der Waals surface area contributed by atoms with Crippen LogP contribution in [0.25, 0.3) is 11.5 Å². The van der Waals surface area contributed by atoms with Crippen LogP contribution < -0.4 is 10.6 Å². The van der Waals surface area contributed by atoms with Gasteiger partial charge >= 0.3 is 6.01 Å². The number of carbonyl (C=O) groups is 1. The Bertz CT molecular complexity index is 889. The summed E-state index contributed by atoms with van der Waals surface area (Å²) in [5, 5.41) is 14.2. The SMILES string of the molecule is CCN(CC)CCCNc1nnc(-c2ccc(NC(=O)c3ccccc3)cc2)o1. The van der Waals surface area contributed by atoms with E-state index in [2.05, 4.69) is 39.6 Å². The van der Waals surface area contributed by atoms with E-state index in [1.165, 1.54) is 0 Å². The highest BCUT2D eigenvalue weighted by atomic mass is 16.4. The van der Waals surface area contributed by atoms with Gasteiger partial charge in [-0.2, -0.15) is 0 Å². The highest BCUT2D eigenvalue weighted by Gasteiger charge is 2.10. The first-order valence-electron chi connectivity index (χ1n) is 9.96. The van der Waals surface area contributed by atoms with Gasteiger partial charge in [0.1, 0.15) is 0 Å². The van der Waals surface area contributed by atoms with Gasteiger partial charge in [0.25, 0.3) is 5.91 Å². The average Bonchev–Trinajstić information content (AvgIpc) is 3.24. The lowest BCUT2D eigenvalue weighted by atomic mass is 10.2. The molecule has 0 spiro atoms. The third-order valence-electron chi connectivity index (χ3n) is 4.67. The van der Waals surface area contributed by atoms with Crippen LogP contribution in [0.15, 0.2) is 59.0 Å². The second-order valence-electron chi connectivity index (χ2n) is 6.62. The minimum absolute atomic E-state index is 0.146. The minimum Gasteiger partial charge on any atom is -0.403 e. The predicted molar refractivity (Wildman–Crippen MR) is 115 cm³/mol. The van der Waals surface area contributed by atoms with Crippen molar-refractivity contribution >= 4 is 17.6 Å². The second-order valence-corrected chi connectivity index (χ2v) is 6.62. The number of amides is 1. The zero-order chi connectivity index (χ0) is 20.5. The Balaban J connectivity index is 1.52. The van der Waals surface area contributed by atoms with E-state index in [9.17, 15) is 4.79 Å². The number of rotatable bonds is 10. The molecule has 0 aliphatic heterocycles. The number of hydrogen-bond acceptors (Lipinski definition) is 6. The van der Waals surface area contributed by atoms with E-state index in [1.54, 1.807) is 12.1 Å². The monoisotopic (exact) mass is 393 g/mol. The molecule has 0 saturated heterocycles. The van der Waals surface area contributed by atoms with Gasteiger partial charge in [-0.05, 0) is 62.5 Å². The fourth-order valence-electron chi connectivity index (χ4n) is 2.94. The summed E-state index contributed by atoms with van der Waals surface area (Å²) in [7, 11) is 0.